The minimum atomic E-state index is -0.869. The maximum atomic E-state index is 12.7. The third-order valence-electron chi connectivity index (χ3n) is 3.80. The number of methoxy groups -OCH3 is 1. The number of amides is 2. The van der Waals surface area contributed by atoms with Crippen LogP contribution >= 0.6 is 0 Å². The number of alkyl carbamates (subject to hydrolysis) is 1. The Labute approximate surface area is 148 Å². The van der Waals surface area contributed by atoms with Crippen LogP contribution in [0.15, 0.2) is 18.2 Å². The molecule has 1 atom stereocenters. The topological polar surface area (TPSA) is 96.9 Å². The van der Waals surface area contributed by atoms with E-state index < -0.39 is 17.1 Å². The van der Waals surface area contributed by atoms with Gasteiger partial charge in [0.05, 0.1) is 18.2 Å². The number of hydrogen-bond donors (Lipinski definition) is 3. The van der Waals surface area contributed by atoms with Gasteiger partial charge in [0.2, 0.25) is 5.91 Å². The van der Waals surface area contributed by atoms with E-state index in [1.165, 1.54) is 19.2 Å². The summed E-state index contributed by atoms with van der Waals surface area (Å²) in [5.74, 6) is 0.125. The summed E-state index contributed by atoms with van der Waals surface area (Å²) in [6.07, 6.45) is -0.0940. The molecule has 2 amide bonds. The van der Waals surface area contributed by atoms with Crippen molar-refractivity contribution in [2.75, 3.05) is 19.0 Å². The molecule has 0 aliphatic heterocycles. The highest BCUT2D eigenvalue weighted by Crippen LogP contribution is 2.30. The van der Waals surface area contributed by atoms with E-state index in [2.05, 4.69) is 10.6 Å². The van der Waals surface area contributed by atoms with Gasteiger partial charge in [-0.25, -0.2) is 4.79 Å². The summed E-state index contributed by atoms with van der Waals surface area (Å²) < 4.78 is 10.3. The first-order valence-corrected chi connectivity index (χ1v) is 8.16. The van der Waals surface area contributed by atoms with E-state index in [4.69, 9.17) is 9.47 Å². The highest BCUT2D eigenvalue weighted by atomic mass is 16.6. The first-order chi connectivity index (χ1) is 11.5. The first-order valence-electron chi connectivity index (χ1n) is 8.16. The summed E-state index contributed by atoms with van der Waals surface area (Å²) in [6.45, 7) is 8.99. The molecule has 7 nitrogen and oxygen atoms in total. The molecule has 0 heterocycles. The number of anilines is 1. The summed E-state index contributed by atoms with van der Waals surface area (Å²) in [6, 6.07) is 4.56. The summed E-state index contributed by atoms with van der Waals surface area (Å²) >= 11 is 0. The Kier molecular flexibility index (Phi) is 6.67. The molecule has 1 rings (SSSR count). The summed E-state index contributed by atoms with van der Waals surface area (Å²) in [4.78, 5) is 24.5. The van der Waals surface area contributed by atoms with Gasteiger partial charge in [-0.05, 0) is 46.2 Å². The van der Waals surface area contributed by atoms with Gasteiger partial charge in [0.25, 0.3) is 0 Å². The number of carbonyl (C=O) groups excluding carboxylic acids is 2. The average Bonchev–Trinajstić information content (AvgIpc) is 2.53. The van der Waals surface area contributed by atoms with Gasteiger partial charge in [0.1, 0.15) is 17.1 Å². The molecule has 0 aliphatic carbocycles. The Bertz CT molecular complexity index is 624. The monoisotopic (exact) mass is 352 g/mol. The number of aromatic hydroxyl groups is 1. The lowest BCUT2D eigenvalue weighted by molar-refractivity contribution is -0.124. The van der Waals surface area contributed by atoms with Gasteiger partial charge in [0.15, 0.2) is 0 Å². The highest BCUT2D eigenvalue weighted by molar-refractivity contribution is 5.96. The Morgan fingerprint density at radius 1 is 1.20 bits per heavy atom. The van der Waals surface area contributed by atoms with Crippen molar-refractivity contribution in [2.24, 2.45) is 5.41 Å². The number of nitrogens with one attached hydrogen (secondary N) is 2. The fourth-order valence-electron chi connectivity index (χ4n) is 1.96. The van der Waals surface area contributed by atoms with Gasteiger partial charge in [-0.1, -0.05) is 6.92 Å². The van der Waals surface area contributed by atoms with Gasteiger partial charge >= 0.3 is 6.09 Å². The van der Waals surface area contributed by atoms with E-state index in [0.717, 1.165) is 0 Å². The third-order valence-corrected chi connectivity index (χ3v) is 3.80. The van der Waals surface area contributed by atoms with Crippen molar-refractivity contribution in [1.82, 2.24) is 5.32 Å². The fraction of sp³-hybridized carbons (Fsp3) is 0.556. The van der Waals surface area contributed by atoms with Crippen LogP contribution in [0.3, 0.4) is 0 Å². The molecule has 0 fully saturated rings. The van der Waals surface area contributed by atoms with Crippen molar-refractivity contribution in [3.05, 3.63) is 18.2 Å². The third kappa shape index (κ3) is 6.17. The molecule has 0 saturated heterocycles. The maximum Gasteiger partial charge on any atom is 0.407 e. The van der Waals surface area contributed by atoms with E-state index in [1.54, 1.807) is 33.8 Å². The number of carbonyl (C=O) groups is 2. The largest absolute Gasteiger partial charge is 0.506 e. The molecule has 0 aliphatic rings. The van der Waals surface area contributed by atoms with Crippen LogP contribution < -0.4 is 15.4 Å². The summed E-state index contributed by atoms with van der Waals surface area (Å²) in [7, 11) is 1.50. The molecule has 140 valence electrons. The fourth-order valence-corrected chi connectivity index (χ4v) is 1.96. The molecular formula is C18H28N2O5. The molecular weight excluding hydrogens is 324 g/mol. The molecule has 0 saturated carbocycles. The van der Waals surface area contributed by atoms with Crippen molar-refractivity contribution in [3.63, 3.8) is 0 Å². The lowest BCUT2D eigenvalue weighted by atomic mass is 9.86. The molecule has 3 N–H and O–H groups in total. The average molecular weight is 352 g/mol. The highest BCUT2D eigenvalue weighted by Gasteiger charge is 2.33. The zero-order chi connectivity index (χ0) is 19.3. The van der Waals surface area contributed by atoms with Crippen LogP contribution in [0.1, 0.15) is 41.0 Å². The molecule has 25 heavy (non-hydrogen) atoms. The van der Waals surface area contributed by atoms with Crippen LogP contribution in [0.4, 0.5) is 10.5 Å². The number of benzene rings is 1. The summed E-state index contributed by atoms with van der Waals surface area (Å²) in [5, 5.41) is 15.2. The smallest absolute Gasteiger partial charge is 0.407 e. The molecule has 0 radical (unpaired) electrons. The zero-order valence-electron chi connectivity index (χ0n) is 15.7. The lowest BCUT2D eigenvalue weighted by Gasteiger charge is -2.28. The van der Waals surface area contributed by atoms with Crippen molar-refractivity contribution < 1.29 is 24.2 Å². The van der Waals surface area contributed by atoms with E-state index in [9.17, 15) is 14.7 Å². The molecule has 1 aromatic rings. The number of phenolic OH excluding ortho intramolecular Hbond substituents is 1. The quantitative estimate of drug-likeness (QED) is 0.683. The Morgan fingerprint density at radius 2 is 1.84 bits per heavy atom. The van der Waals surface area contributed by atoms with Crippen LogP contribution in [0.2, 0.25) is 0 Å². The predicted octanol–water partition coefficient (Wildman–Crippen LogP) is 3.28. The Hall–Kier alpha value is -2.44. The molecule has 0 bridgehead atoms. The predicted molar refractivity (Wildman–Crippen MR) is 95.9 cm³/mol. The number of ether oxygens (including phenoxy) is 2. The van der Waals surface area contributed by atoms with Gasteiger partial charge in [-0.2, -0.15) is 0 Å². The minimum Gasteiger partial charge on any atom is -0.506 e. The number of phenols is 1. The van der Waals surface area contributed by atoms with Gasteiger partial charge in [-0.3, -0.25) is 4.79 Å². The van der Waals surface area contributed by atoms with Crippen molar-refractivity contribution in [3.8, 4) is 11.5 Å². The first kappa shape index (κ1) is 20.6. The van der Waals surface area contributed by atoms with E-state index in [-0.39, 0.29) is 23.9 Å². The van der Waals surface area contributed by atoms with Crippen LogP contribution in [0.5, 0.6) is 11.5 Å². The van der Waals surface area contributed by atoms with Gasteiger partial charge in [-0.15, -0.1) is 0 Å². The maximum absolute atomic E-state index is 12.7. The second-order valence-corrected chi connectivity index (χ2v) is 7.11. The molecule has 7 heteroatoms. The van der Waals surface area contributed by atoms with Crippen molar-refractivity contribution in [1.29, 1.82) is 0 Å². The van der Waals surface area contributed by atoms with Crippen LogP contribution in [-0.4, -0.2) is 36.4 Å². The van der Waals surface area contributed by atoms with Gasteiger partial charge < -0.3 is 25.2 Å². The van der Waals surface area contributed by atoms with E-state index in [0.29, 0.717) is 12.2 Å². The molecule has 0 spiro atoms. The lowest BCUT2D eigenvalue weighted by Crippen LogP contribution is -2.44. The van der Waals surface area contributed by atoms with E-state index in [1.807, 2.05) is 6.92 Å². The minimum absolute atomic E-state index is 0.0623. The zero-order valence-corrected chi connectivity index (χ0v) is 15.7. The number of hydrogen-bond acceptors (Lipinski definition) is 5. The van der Waals surface area contributed by atoms with Crippen molar-refractivity contribution >= 4 is 17.7 Å². The normalized spacial score (nSPS) is 13.5. The second-order valence-electron chi connectivity index (χ2n) is 7.11. The molecule has 1 aromatic carbocycles. The molecule has 0 aromatic heterocycles. The van der Waals surface area contributed by atoms with E-state index >= 15 is 0 Å². The van der Waals surface area contributed by atoms with Crippen LogP contribution in [0, 0.1) is 5.41 Å². The van der Waals surface area contributed by atoms with Crippen LogP contribution in [-0.2, 0) is 9.53 Å². The van der Waals surface area contributed by atoms with Crippen LogP contribution in [0.25, 0.3) is 0 Å². The second kappa shape index (κ2) is 8.09. The Morgan fingerprint density at radius 3 is 2.36 bits per heavy atom. The standard InChI is InChI=1S/C18H28N2O5/c1-7-18(5,11-19-16(23)25-17(2,3)4)15(22)20-13-10-12(24-6)8-9-14(13)21/h8-10,21H,7,11H2,1-6H3,(H,19,23)(H,20,22). The SMILES string of the molecule is CCC(C)(CNC(=O)OC(C)(C)C)C(=O)Nc1cc(OC)ccc1O. The summed E-state index contributed by atoms with van der Waals surface area (Å²) in [5.41, 5.74) is -1.23. The van der Waals surface area contributed by atoms with Gasteiger partial charge in [0, 0.05) is 12.6 Å². The number of rotatable bonds is 6. The molecule has 1 unspecified atom stereocenters. The van der Waals surface area contributed by atoms with Crippen molar-refractivity contribution in [2.45, 2.75) is 46.6 Å². The Balaban J connectivity index is 2.80.